The molecule has 110 valence electrons. The van der Waals surface area contributed by atoms with Gasteiger partial charge in [0.25, 0.3) is 0 Å². The van der Waals surface area contributed by atoms with Crippen molar-refractivity contribution in [2.24, 2.45) is 0 Å². The Labute approximate surface area is 130 Å². The van der Waals surface area contributed by atoms with E-state index in [4.69, 9.17) is 28.9 Å². The summed E-state index contributed by atoms with van der Waals surface area (Å²) in [6.07, 6.45) is 0. The van der Waals surface area contributed by atoms with Crippen LogP contribution in [-0.2, 0) is 6.54 Å². The molecule has 0 aliphatic carbocycles. The molecule has 3 aromatic rings. The van der Waals surface area contributed by atoms with Crippen LogP contribution in [0, 0.1) is 12.7 Å². The summed E-state index contributed by atoms with van der Waals surface area (Å²) >= 11 is 12.3. The number of aryl methyl sites for hydroxylation is 2. The Morgan fingerprint density at radius 1 is 1.29 bits per heavy atom. The second-order valence-corrected chi connectivity index (χ2v) is 5.41. The highest BCUT2D eigenvalue weighted by molar-refractivity contribution is 6.38. The van der Waals surface area contributed by atoms with Gasteiger partial charge in [0.2, 0.25) is 5.95 Å². The zero-order valence-electron chi connectivity index (χ0n) is 11.4. The van der Waals surface area contributed by atoms with Gasteiger partial charge in [0, 0.05) is 6.54 Å². The Kier molecular flexibility index (Phi) is 3.30. The molecule has 2 N–H and O–H groups in total. The lowest BCUT2D eigenvalue weighted by Gasteiger charge is -2.12. The van der Waals surface area contributed by atoms with Gasteiger partial charge in [-0.05, 0) is 26.0 Å². The number of anilines is 1. The van der Waals surface area contributed by atoms with E-state index in [1.165, 1.54) is 12.1 Å². The summed E-state index contributed by atoms with van der Waals surface area (Å²) in [6.45, 7) is 4.43. The van der Waals surface area contributed by atoms with E-state index in [1.807, 2.05) is 13.8 Å². The number of benzene rings is 1. The van der Waals surface area contributed by atoms with Gasteiger partial charge in [-0.3, -0.25) is 4.57 Å². The second-order valence-electron chi connectivity index (χ2n) is 4.60. The van der Waals surface area contributed by atoms with Crippen molar-refractivity contribution >= 4 is 40.3 Å². The number of hydrogen-bond acceptors (Lipinski definition) is 3. The van der Waals surface area contributed by atoms with E-state index >= 15 is 0 Å². The van der Waals surface area contributed by atoms with E-state index in [0.717, 1.165) is 5.69 Å². The van der Waals surface area contributed by atoms with Crippen molar-refractivity contribution in [2.75, 3.05) is 5.73 Å². The van der Waals surface area contributed by atoms with Crippen LogP contribution in [0.25, 0.3) is 16.9 Å². The molecule has 8 heteroatoms. The lowest BCUT2D eigenvalue weighted by molar-refractivity contribution is 0.627. The summed E-state index contributed by atoms with van der Waals surface area (Å²) in [7, 11) is 0. The molecule has 1 aromatic carbocycles. The predicted molar refractivity (Wildman–Crippen MR) is 81.7 cm³/mol. The molecule has 0 spiro atoms. The van der Waals surface area contributed by atoms with E-state index in [0.29, 0.717) is 23.4 Å². The van der Waals surface area contributed by atoms with Gasteiger partial charge < -0.3 is 5.73 Å². The SMILES string of the molecule is CCn1nc(C)c2nc(N)n(-c3c(Cl)cc(F)cc3Cl)c21. The molecule has 2 aromatic heterocycles. The number of rotatable bonds is 2. The van der Waals surface area contributed by atoms with Gasteiger partial charge in [0.05, 0.1) is 21.4 Å². The summed E-state index contributed by atoms with van der Waals surface area (Å²) in [4.78, 5) is 4.31. The molecule has 0 atom stereocenters. The van der Waals surface area contributed by atoms with E-state index in [-0.39, 0.29) is 16.0 Å². The van der Waals surface area contributed by atoms with Crippen molar-refractivity contribution in [3.05, 3.63) is 33.7 Å². The molecule has 0 aliphatic heterocycles. The minimum atomic E-state index is -0.510. The van der Waals surface area contributed by atoms with E-state index in [1.54, 1.807) is 9.25 Å². The van der Waals surface area contributed by atoms with Crippen LogP contribution in [-0.4, -0.2) is 19.3 Å². The minimum absolute atomic E-state index is 0.160. The Morgan fingerprint density at radius 3 is 2.48 bits per heavy atom. The molecule has 0 fully saturated rings. The van der Waals surface area contributed by atoms with E-state index in [9.17, 15) is 4.39 Å². The first kappa shape index (κ1) is 14.2. The number of nitrogen functional groups attached to an aromatic ring is 1. The van der Waals surface area contributed by atoms with Crippen LogP contribution in [0.5, 0.6) is 0 Å². The smallest absolute Gasteiger partial charge is 0.207 e. The summed E-state index contributed by atoms with van der Waals surface area (Å²) in [5, 5.41) is 4.71. The largest absolute Gasteiger partial charge is 0.369 e. The summed E-state index contributed by atoms with van der Waals surface area (Å²) in [6, 6.07) is 2.38. The van der Waals surface area contributed by atoms with E-state index < -0.39 is 5.82 Å². The molecular weight excluding hydrogens is 316 g/mol. The zero-order valence-corrected chi connectivity index (χ0v) is 12.9. The average Bonchev–Trinajstić information content (AvgIpc) is 2.87. The molecule has 0 radical (unpaired) electrons. The quantitative estimate of drug-likeness (QED) is 0.782. The standard InChI is InChI=1S/C13H12Cl2FN5/c1-3-20-12-10(6(2)19-20)18-13(17)21(12)11-8(14)4-7(16)5-9(11)15/h4-5H,3H2,1-2H3,(H2,17,18). The van der Waals surface area contributed by atoms with Crippen LogP contribution in [0.1, 0.15) is 12.6 Å². The first-order chi connectivity index (χ1) is 9.93. The van der Waals surface area contributed by atoms with Crippen molar-refractivity contribution in [3.63, 3.8) is 0 Å². The normalized spacial score (nSPS) is 11.5. The molecular formula is C13H12Cl2FN5. The number of aromatic nitrogens is 4. The van der Waals surface area contributed by atoms with Crippen molar-refractivity contribution in [1.82, 2.24) is 19.3 Å². The fraction of sp³-hybridized carbons (Fsp3) is 0.231. The van der Waals surface area contributed by atoms with Crippen molar-refractivity contribution in [3.8, 4) is 5.69 Å². The van der Waals surface area contributed by atoms with Crippen LogP contribution in [0.4, 0.5) is 10.3 Å². The highest BCUT2D eigenvalue weighted by Crippen LogP contribution is 2.34. The zero-order chi connectivity index (χ0) is 15.3. The third-order valence-electron chi connectivity index (χ3n) is 3.24. The van der Waals surface area contributed by atoms with Crippen LogP contribution < -0.4 is 5.73 Å². The van der Waals surface area contributed by atoms with Gasteiger partial charge in [-0.1, -0.05) is 23.2 Å². The number of nitrogens with zero attached hydrogens (tertiary/aromatic N) is 4. The Balaban J connectivity index is 2.43. The number of hydrogen-bond donors (Lipinski definition) is 1. The molecule has 0 aliphatic rings. The van der Waals surface area contributed by atoms with Gasteiger partial charge in [0.1, 0.15) is 11.3 Å². The van der Waals surface area contributed by atoms with E-state index in [2.05, 4.69) is 10.1 Å². The van der Waals surface area contributed by atoms with Crippen LogP contribution in [0.15, 0.2) is 12.1 Å². The maximum Gasteiger partial charge on any atom is 0.207 e. The van der Waals surface area contributed by atoms with Crippen molar-refractivity contribution in [2.45, 2.75) is 20.4 Å². The lowest BCUT2D eigenvalue weighted by Crippen LogP contribution is -2.07. The first-order valence-corrected chi connectivity index (χ1v) is 7.05. The number of imidazole rings is 1. The maximum atomic E-state index is 13.4. The average molecular weight is 328 g/mol. The molecule has 5 nitrogen and oxygen atoms in total. The number of fused-ring (bicyclic) bond motifs is 1. The molecule has 3 rings (SSSR count). The second kappa shape index (κ2) is 4.89. The Morgan fingerprint density at radius 2 is 1.90 bits per heavy atom. The molecule has 2 heterocycles. The third-order valence-corrected chi connectivity index (χ3v) is 3.82. The van der Waals surface area contributed by atoms with Gasteiger partial charge in [-0.2, -0.15) is 5.10 Å². The molecule has 0 saturated carbocycles. The summed E-state index contributed by atoms with van der Waals surface area (Å²) in [5.74, 6) is -0.285. The van der Waals surface area contributed by atoms with Gasteiger partial charge >= 0.3 is 0 Å². The number of halogens is 3. The molecule has 21 heavy (non-hydrogen) atoms. The predicted octanol–water partition coefficient (Wildman–Crippen LogP) is 3.58. The highest BCUT2D eigenvalue weighted by atomic mass is 35.5. The minimum Gasteiger partial charge on any atom is -0.369 e. The summed E-state index contributed by atoms with van der Waals surface area (Å²) < 4.78 is 16.7. The van der Waals surface area contributed by atoms with Gasteiger partial charge in [0.15, 0.2) is 5.65 Å². The molecule has 0 amide bonds. The lowest BCUT2D eigenvalue weighted by atomic mass is 10.3. The maximum absolute atomic E-state index is 13.4. The molecule has 0 bridgehead atoms. The highest BCUT2D eigenvalue weighted by Gasteiger charge is 2.21. The third kappa shape index (κ3) is 2.06. The van der Waals surface area contributed by atoms with Crippen LogP contribution >= 0.6 is 23.2 Å². The monoisotopic (exact) mass is 327 g/mol. The number of nitrogens with two attached hydrogens (primary N) is 1. The Hall–Kier alpha value is -1.79. The fourth-order valence-corrected chi connectivity index (χ4v) is 3.00. The van der Waals surface area contributed by atoms with Crippen LogP contribution in [0.2, 0.25) is 10.0 Å². The molecule has 0 unspecified atom stereocenters. The van der Waals surface area contributed by atoms with Crippen molar-refractivity contribution in [1.29, 1.82) is 0 Å². The fourth-order valence-electron chi connectivity index (χ4n) is 2.37. The van der Waals surface area contributed by atoms with Crippen LogP contribution in [0.3, 0.4) is 0 Å². The summed E-state index contributed by atoms with van der Waals surface area (Å²) in [5.41, 5.74) is 8.51. The molecule has 0 saturated heterocycles. The van der Waals surface area contributed by atoms with Crippen molar-refractivity contribution < 1.29 is 4.39 Å². The van der Waals surface area contributed by atoms with Gasteiger partial charge in [-0.15, -0.1) is 0 Å². The topological polar surface area (TPSA) is 61.7 Å². The Bertz CT molecular complexity index is 829. The first-order valence-electron chi connectivity index (χ1n) is 6.30. The van der Waals surface area contributed by atoms with Gasteiger partial charge in [-0.25, -0.2) is 14.1 Å².